The molecule has 3 aromatic rings. The number of hydrogen-bond acceptors (Lipinski definition) is 4. The number of rotatable bonds is 8. The number of nitrogens with two attached hydrogens (primary N) is 1. The number of primary amides is 1. The van der Waals surface area contributed by atoms with E-state index in [1.807, 2.05) is 57.2 Å². The molecule has 0 saturated heterocycles. The smallest absolute Gasteiger partial charge is 0.251 e. The summed E-state index contributed by atoms with van der Waals surface area (Å²) in [6, 6.07) is 11.8. The molecule has 0 saturated carbocycles. The summed E-state index contributed by atoms with van der Waals surface area (Å²) in [7, 11) is 4.90. The zero-order valence-electron chi connectivity index (χ0n) is 19.0. The number of carbonyl (C=O) groups excluding carboxylic acids is 1. The van der Waals surface area contributed by atoms with Crippen LogP contribution in [0.25, 0.3) is 11.1 Å². The second kappa shape index (κ2) is 9.16. The van der Waals surface area contributed by atoms with Gasteiger partial charge in [0, 0.05) is 23.5 Å². The molecule has 1 aromatic heterocycles. The van der Waals surface area contributed by atoms with Crippen LogP contribution >= 0.6 is 0 Å². The molecule has 1 heterocycles. The van der Waals surface area contributed by atoms with Crippen molar-refractivity contribution in [2.75, 3.05) is 21.3 Å². The van der Waals surface area contributed by atoms with Gasteiger partial charge in [0.1, 0.15) is 5.75 Å². The molecule has 0 bridgehead atoms. The van der Waals surface area contributed by atoms with E-state index < -0.39 is 5.91 Å². The fraction of sp³-hybridized carbons (Fsp3) is 0.320. The molecular formula is C25H30N2O4. The lowest BCUT2D eigenvalue weighted by atomic mass is 9.98. The molecule has 3 rings (SSSR count). The van der Waals surface area contributed by atoms with Gasteiger partial charge in [-0.3, -0.25) is 4.79 Å². The van der Waals surface area contributed by atoms with Crippen molar-refractivity contribution in [1.29, 1.82) is 0 Å². The van der Waals surface area contributed by atoms with Gasteiger partial charge < -0.3 is 24.5 Å². The van der Waals surface area contributed by atoms with E-state index in [0.29, 0.717) is 23.6 Å². The first-order valence-corrected chi connectivity index (χ1v) is 10.2. The van der Waals surface area contributed by atoms with E-state index in [1.54, 1.807) is 21.3 Å². The second-order valence-corrected chi connectivity index (χ2v) is 7.56. The van der Waals surface area contributed by atoms with Gasteiger partial charge in [0.05, 0.1) is 26.9 Å². The van der Waals surface area contributed by atoms with E-state index in [4.69, 9.17) is 19.9 Å². The topological polar surface area (TPSA) is 75.7 Å². The monoisotopic (exact) mass is 422 g/mol. The number of carbonyl (C=O) groups is 1. The number of aryl methyl sites for hydroxylation is 2. The Morgan fingerprint density at radius 1 is 0.871 bits per heavy atom. The largest absolute Gasteiger partial charge is 0.496 e. The van der Waals surface area contributed by atoms with E-state index in [2.05, 4.69) is 4.57 Å². The van der Waals surface area contributed by atoms with Crippen LogP contribution in [0.3, 0.4) is 0 Å². The van der Waals surface area contributed by atoms with E-state index in [0.717, 1.165) is 45.8 Å². The van der Waals surface area contributed by atoms with Crippen LogP contribution in [-0.4, -0.2) is 31.8 Å². The van der Waals surface area contributed by atoms with Gasteiger partial charge in [-0.2, -0.15) is 0 Å². The fourth-order valence-corrected chi connectivity index (χ4v) is 4.18. The van der Waals surface area contributed by atoms with Gasteiger partial charge in [0.15, 0.2) is 11.5 Å². The lowest BCUT2D eigenvalue weighted by molar-refractivity contribution is 0.1000. The minimum absolute atomic E-state index is 0.422. The SMILES string of the molecule is COc1ccc(-c2c(C(N)=O)c(C)n(CCc3ccc(OC)c(OC)c3)c2C)cc1C. The molecule has 0 atom stereocenters. The first kappa shape index (κ1) is 22.3. The number of benzene rings is 2. The van der Waals surface area contributed by atoms with Crippen LogP contribution in [0, 0.1) is 20.8 Å². The van der Waals surface area contributed by atoms with Crippen LogP contribution < -0.4 is 19.9 Å². The third kappa shape index (κ3) is 4.24. The highest BCUT2D eigenvalue weighted by Crippen LogP contribution is 2.35. The lowest BCUT2D eigenvalue weighted by Crippen LogP contribution is -2.14. The Balaban J connectivity index is 2.00. The van der Waals surface area contributed by atoms with Gasteiger partial charge in [-0.25, -0.2) is 0 Å². The second-order valence-electron chi connectivity index (χ2n) is 7.56. The number of methoxy groups -OCH3 is 3. The molecule has 0 radical (unpaired) electrons. The first-order chi connectivity index (χ1) is 14.8. The number of aromatic nitrogens is 1. The van der Waals surface area contributed by atoms with Gasteiger partial charge in [0.25, 0.3) is 5.91 Å². The molecule has 1 amide bonds. The van der Waals surface area contributed by atoms with Gasteiger partial charge in [-0.1, -0.05) is 12.1 Å². The summed E-state index contributed by atoms with van der Waals surface area (Å²) in [5, 5.41) is 0. The minimum Gasteiger partial charge on any atom is -0.496 e. The molecule has 2 N–H and O–H groups in total. The zero-order chi connectivity index (χ0) is 22.7. The molecule has 0 aliphatic rings. The molecule has 0 spiro atoms. The summed E-state index contributed by atoms with van der Waals surface area (Å²) in [6.07, 6.45) is 0.774. The maximum absolute atomic E-state index is 12.4. The van der Waals surface area contributed by atoms with Crippen molar-refractivity contribution in [3.8, 4) is 28.4 Å². The Morgan fingerprint density at radius 2 is 1.52 bits per heavy atom. The van der Waals surface area contributed by atoms with Crippen molar-refractivity contribution < 1.29 is 19.0 Å². The average Bonchev–Trinajstić information content (AvgIpc) is 3.01. The molecule has 0 aliphatic heterocycles. The Bertz CT molecular complexity index is 1120. The van der Waals surface area contributed by atoms with Crippen molar-refractivity contribution in [2.45, 2.75) is 33.7 Å². The van der Waals surface area contributed by atoms with Crippen molar-refractivity contribution >= 4 is 5.91 Å². The third-order valence-corrected chi connectivity index (χ3v) is 5.79. The molecule has 0 unspecified atom stereocenters. The number of nitrogens with zero attached hydrogens (tertiary/aromatic N) is 1. The van der Waals surface area contributed by atoms with Crippen LogP contribution in [0.5, 0.6) is 17.2 Å². The van der Waals surface area contributed by atoms with E-state index >= 15 is 0 Å². The molecule has 6 heteroatoms. The highest BCUT2D eigenvalue weighted by atomic mass is 16.5. The average molecular weight is 423 g/mol. The molecule has 164 valence electrons. The quantitative estimate of drug-likeness (QED) is 0.582. The standard InChI is InChI=1S/C25H30N2O4/c1-15-13-19(8-10-20(15)29-4)23-16(2)27(17(3)24(23)25(26)28)12-11-18-7-9-21(30-5)22(14-18)31-6/h7-10,13-14H,11-12H2,1-6H3,(H2,26,28). The van der Waals surface area contributed by atoms with E-state index in [1.165, 1.54) is 0 Å². The molecule has 6 nitrogen and oxygen atoms in total. The van der Waals surface area contributed by atoms with Crippen LogP contribution in [0.2, 0.25) is 0 Å². The lowest BCUT2D eigenvalue weighted by Gasteiger charge is -2.13. The van der Waals surface area contributed by atoms with Gasteiger partial charge >= 0.3 is 0 Å². The van der Waals surface area contributed by atoms with Gasteiger partial charge in [-0.05, 0) is 68.1 Å². The van der Waals surface area contributed by atoms with Gasteiger partial charge in [-0.15, -0.1) is 0 Å². The van der Waals surface area contributed by atoms with Crippen LogP contribution in [0.1, 0.15) is 32.9 Å². The number of amides is 1. The van der Waals surface area contributed by atoms with Crippen molar-refractivity contribution in [3.63, 3.8) is 0 Å². The molecular weight excluding hydrogens is 392 g/mol. The van der Waals surface area contributed by atoms with Crippen LogP contribution in [-0.2, 0) is 13.0 Å². The summed E-state index contributed by atoms with van der Waals surface area (Å²) in [5.41, 5.74) is 12.2. The summed E-state index contributed by atoms with van der Waals surface area (Å²) in [4.78, 5) is 12.4. The first-order valence-electron chi connectivity index (χ1n) is 10.2. The summed E-state index contributed by atoms with van der Waals surface area (Å²) in [5.74, 6) is 1.79. The summed E-state index contributed by atoms with van der Waals surface area (Å²) in [6.45, 7) is 6.68. The van der Waals surface area contributed by atoms with Gasteiger partial charge in [0.2, 0.25) is 0 Å². The predicted molar refractivity (Wildman–Crippen MR) is 122 cm³/mol. The highest BCUT2D eigenvalue weighted by molar-refractivity contribution is 6.02. The third-order valence-electron chi connectivity index (χ3n) is 5.79. The zero-order valence-corrected chi connectivity index (χ0v) is 19.0. The van der Waals surface area contributed by atoms with E-state index in [-0.39, 0.29) is 0 Å². The predicted octanol–water partition coefficient (Wildman–Crippen LogP) is 4.45. The Kier molecular flexibility index (Phi) is 6.59. The Hall–Kier alpha value is -3.41. The van der Waals surface area contributed by atoms with Crippen molar-refractivity contribution in [1.82, 2.24) is 4.57 Å². The molecule has 31 heavy (non-hydrogen) atoms. The Labute approximate surface area is 183 Å². The summed E-state index contributed by atoms with van der Waals surface area (Å²) >= 11 is 0. The van der Waals surface area contributed by atoms with E-state index in [9.17, 15) is 4.79 Å². The minimum atomic E-state index is -0.422. The summed E-state index contributed by atoms with van der Waals surface area (Å²) < 4.78 is 18.3. The van der Waals surface area contributed by atoms with Crippen LogP contribution in [0.15, 0.2) is 36.4 Å². The van der Waals surface area contributed by atoms with Crippen molar-refractivity contribution in [3.05, 3.63) is 64.5 Å². The fourth-order valence-electron chi connectivity index (χ4n) is 4.18. The number of hydrogen-bond donors (Lipinski definition) is 1. The maximum atomic E-state index is 12.4. The molecule has 2 aromatic carbocycles. The maximum Gasteiger partial charge on any atom is 0.251 e. The number of ether oxygens (including phenoxy) is 3. The molecule has 0 aliphatic carbocycles. The normalized spacial score (nSPS) is 10.8. The molecule has 0 fully saturated rings. The highest BCUT2D eigenvalue weighted by Gasteiger charge is 2.23. The Morgan fingerprint density at radius 3 is 2.10 bits per heavy atom. The van der Waals surface area contributed by atoms with Crippen molar-refractivity contribution in [2.24, 2.45) is 5.73 Å². The van der Waals surface area contributed by atoms with Crippen LogP contribution in [0.4, 0.5) is 0 Å².